The van der Waals surface area contributed by atoms with Crippen molar-refractivity contribution in [1.82, 2.24) is 5.32 Å². The predicted molar refractivity (Wildman–Crippen MR) is 50.7 cm³/mol. The zero-order chi connectivity index (χ0) is 10.7. The van der Waals surface area contributed by atoms with Crippen molar-refractivity contribution in [3.63, 3.8) is 0 Å². The van der Waals surface area contributed by atoms with Crippen molar-refractivity contribution in [3.05, 3.63) is 28.3 Å². The lowest BCUT2D eigenvalue weighted by Crippen LogP contribution is -2.10. The highest BCUT2D eigenvalue weighted by molar-refractivity contribution is 6.32. The van der Waals surface area contributed by atoms with E-state index >= 15 is 0 Å². The van der Waals surface area contributed by atoms with E-state index in [0.717, 1.165) is 6.07 Å². The molecular formula is C9H10ClF2NO. The molecule has 78 valence electrons. The molecule has 0 spiro atoms. The van der Waals surface area contributed by atoms with Gasteiger partial charge in [0.15, 0.2) is 11.6 Å². The standard InChI is InChI=1S/C9H10ClF2NO/c1-13-4-5-8(12)7(11)3-6(10)9(5)14-2/h3,13H,4H2,1-2H3. The SMILES string of the molecule is CNCc1c(F)c(F)cc(Cl)c1OC. The molecule has 0 unspecified atom stereocenters. The molecule has 2 nitrogen and oxygen atoms in total. The second-order valence-corrected chi connectivity index (χ2v) is 3.10. The maximum Gasteiger partial charge on any atom is 0.167 e. The lowest BCUT2D eigenvalue weighted by Gasteiger charge is -2.11. The lowest BCUT2D eigenvalue weighted by molar-refractivity contribution is 0.396. The van der Waals surface area contributed by atoms with Crippen LogP contribution in [0, 0.1) is 11.6 Å². The van der Waals surface area contributed by atoms with Crippen LogP contribution in [0.5, 0.6) is 5.75 Å². The largest absolute Gasteiger partial charge is 0.495 e. The molecule has 0 aliphatic carbocycles. The third kappa shape index (κ3) is 1.96. The molecule has 0 saturated carbocycles. The number of halogens is 3. The molecule has 0 radical (unpaired) electrons. The number of rotatable bonds is 3. The second-order valence-electron chi connectivity index (χ2n) is 2.70. The molecule has 1 N–H and O–H groups in total. The summed E-state index contributed by atoms with van der Waals surface area (Å²) in [7, 11) is 2.98. The van der Waals surface area contributed by atoms with Crippen molar-refractivity contribution in [3.8, 4) is 5.75 Å². The highest BCUT2D eigenvalue weighted by atomic mass is 35.5. The molecule has 0 aliphatic heterocycles. The van der Waals surface area contributed by atoms with Gasteiger partial charge >= 0.3 is 0 Å². The molecule has 0 fully saturated rings. The van der Waals surface area contributed by atoms with E-state index in [2.05, 4.69) is 5.32 Å². The number of ether oxygens (including phenoxy) is 1. The molecule has 1 aromatic carbocycles. The summed E-state index contributed by atoms with van der Waals surface area (Å²) in [5, 5.41) is 2.78. The topological polar surface area (TPSA) is 21.3 Å². The Morgan fingerprint density at radius 2 is 2.14 bits per heavy atom. The van der Waals surface area contributed by atoms with E-state index in [9.17, 15) is 8.78 Å². The van der Waals surface area contributed by atoms with Crippen LogP contribution in [-0.4, -0.2) is 14.2 Å². The summed E-state index contributed by atoms with van der Waals surface area (Å²) < 4.78 is 31.1. The molecule has 0 bridgehead atoms. The van der Waals surface area contributed by atoms with E-state index in [-0.39, 0.29) is 22.9 Å². The third-order valence-corrected chi connectivity index (χ3v) is 2.06. The van der Waals surface area contributed by atoms with Crippen LogP contribution in [0.3, 0.4) is 0 Å². The summed E-state index contributed by atoms with van der Waals surface area (Å²) in [6.45, 7) is 0.159. The first-order chi connectivity index (χ1) is 6.61. The summed E-state index contributed by atoms with van der Waals surface area (Å²) in [5.41, 5.74) is 0.0972. The molecule has 0 heterocycles. The van der Waals surface area contributed by atoms with Gasteiger partial charge in [0.25, 0.3) is 0 Å². The van der Waals surface area contributed by atoms with Crippen LogP contribution < -0.4 is 10.1 Å². The van der Waals surface area contributed by atoms with Crippen LogP contribution in [0.1, 0.15) is 5.56 Å². The average Bonchev–Trinajstić information content (AvgIpc) is 2.14. The van der Waals surface area contributed by atoms with Crippen molar-refractivity contribution in [2.45, 2.75) is 6.54 Å². The normalized spacial score (nSPS) is 10.4. The Kier molecular flexibility index (Phi) is 3.66. The minimum absolute atomic E-state index is 0.0663. The van der Waals surface area contributed by atoms with Gasteiger partial charge in [0.2, 0.25) is 0 Å². The molecule has 0 atom stereocenters. The molecule has 14 heavy (non-hydrogen) atoms. The molecule has 1 aromatic rings. The van der Waals surface area contributed by atoms with Gasteiger partial charge in [0.1, 0.15) is 5.75 Å². The Morgan fingerprint density at radius 1 is 1.50 bits per heavy atom. The first-order valence-electron chi connectivity index (χ1n) is 3.96. The van der Waals surface area contributed by atoms with Crippen molar-refractivity contribution >= 4 is 11.6 Å². The highest BCUT2D eigenvalue weighted by Crippen LogP contribution is 2.32. The Labute approximate surface area is 85.8 Å². The van der Waals surface area contributed by atoms with E-state index in [0.29, 0.717) is 0 Å². The summed E-state index contributed by atoms with van der Waals surface area (Å²) in [6, 6.07) is 0.898. The van der Waals surface area contributed by atoms with E-state index in [1.807, 2.05) is 0 Å². The Hall–Kier alpha value is -0.870. The van der Waals surface area contributed by atoms with E-state index in [1.165, 1.54) is 7.11 Å². The molecule has 1 rings (SSSR count). The summed E-state index contributed by atoms with van der Waals surface area (Å²) in [4.78, 5) is 0. The van der Waals surface area contributed by atoms with Gasteiger partial charge in [-0.05, 0) is 13.1 Å². The first-order valence-corrected chi connectivity index (χ1v) is 4.34. The van der Waals surface area contributed by atoms with E-state index in [4.69, 9.17) is 16.3 Å². The van der Waals surface area contributed by atoms with Gasteiger partial charge in [-0.3, -0.25) is 0 Å². The van der Waals surface area contributed by atoms with Gasteiger partial charge in [-0.15, -0.1) is 0 Å². The van der Waals surface area contributed by atoms with Crippen molar-refractivity contribution in [2.24, 2.45) is 0 Å². The molecule has 0 aliphatic rings. The van der Waals surface area contributed by atoms with Crippen LogP contribution in [0.4, 0.5) is 8.78 Å². The molecule has 0 saturated heterocycles. The fourth-order valence-electron chi connectivity index (χ4n) is 1.18. The van der Waals surface area contributed by atoms with E-state index in [1.54, 1.807) is 7.05 Å². The van der Waals surface area contributed by atoms with Crippen LogP contribution >= 0.6 is 11.6 Å². The number of benzene rings is 1. The average molecular weight is 222 g/mol. The molecular weight excluding hydrogens is 212 g/mol. The highest BCUT2D eigenvalue weighted by Gasteiger charge is 2.17. The van der Waals surface area contributed by atoms with Gasteiger partial charge in [-0.25, -0.2) is 8.78 Å². The number of hydrogen-bond donors (Lipinski definition) is 1. The number of methoxy groups -OCH3 is 1. The van der Waals surface area contributed by atoms with Crippen molar-refractivity contribution < 1.29 is 13.5 Å². The molecule has 0 amide bonds. The van der Waals surface area contributed by atoms with Gasteiger partial charge in [0, 0.05) is 12.1 Å². The number of nitrogens with one attached hydrogen (secondary N) is 1. The zero-order valence-corrected chi connectivity index (χ0v) is 8.58. The maximum absolute atomic E-state index is 13.3. The molecule has 0 aromatic heterocycles. The zero-order valence-electron chi connectivity index (χ0n) is 7.83. The first kappa shape index (κ1) is 11.2. The monoisotopic (exact) mass is 221 g/mol. The minimum atomic E-state index is -0.971. The van der Waals surface area contributed by atoms with Crippen molar-refractivity contribution in [1.29, 1.82) is 0 Å². The second kappa shape index (κ2) is 4.57. The summed E-state index contributed by atoms with van der Waals surface area (Å²) >= 11 is 5.68. The fraction of sp³-hybridized carbons (Fsp3) is 0.333. The van der Waals surface area contributed by atoms with Gasteiger partial charge in [-0.2, -0.15) is 0 Å². The maximum atomic E-state index is 13.3. The Bertz CT molecular complexity index is 344. The van der Waals surface area contributed by atoms with Crippen LogP contribution in [0.25, 0.3) is 0 Å². The Morgan fingerprint density at radius 3 is 2.64 bits per heavy atom. The number of hydrogen-bond acceptors (Lipinski definition) is 2. The quantitative estimate of drug-likeness (QED) is 0.792. The van der Waals surface area contributed by atoms with Gasteiger partial charge in [-0.1, -0.05) is 11.6 Å². The van der Waals surface area contributed by atoms with Gasteiger partial charge in [0.05, 0.1) is 12.1 Å². The predicted octanol–water partition coefficient (Wildman–Crippen LogP) is 2.35. The lowest BCUT2D eigenvalue weighted by atomic mass is 10.1. The van der Waals surface area contributed by atoms with E-state index < -0.39 is 11.6 Å². The third-order valence-electron chi connectivity index (χ3n) is 1.78. The minimum Gasteiger partial charge on any atom is -0.495 e. The fourth-order valence-corrected chi connectivity index (χ4v) is 1.47. The smallest absolute Gasteiger partial charge is 0.167 e. The summed E-state index contributed by atoms with van der Waals surface area (Å²) in [5.74, 6) is -1.73. The van der Waals surface area contributed by atoms with Crippen LogP contribution in [-0.2, 0) is 6.54 Å². The Balaban J connectivity index is 3.32. The van der Waals surface area contributed by atoms with Crippen LogP contribution in [0.2, 0.25) is 5.02 Å². The summed E-state index contributed by atoms with van der Waals surface area (Å²) in [6.07, 6.45) is 0. The van der Waals surface area contributed by atoms with Gasteiger partial charge < -0.3 is 10.1 Å². The van der Waals surface area contributed by atoms with Crippen molar-refractivity contribution in [2.75, 3.05) is 14.2 Å². The molecule has 5 heteroatoms. The van der Waals surface area contributed by atoms with Crippen LogP contribution in [0.15, 0.2) is 6.07 Å².